The summed E-state index contributed by atoms with van der Waals surface area (Å²) in [4.78, 5) is 2.48. The number of fused-ring (bicyclic) bond motifs is 4. The molecule has 6 rings (SSSR count). The number of benzene rings is 2. The van der Waals surface area contributed by atoms with Crippen molar-refractivity contribution in [1.29, 1.82) is 0 Å². The SMILES string of the molecule is CC1CC2CCN1C[C@@H]2CS(=O)(=O)N1CCc2ccccc2C1.S.c1ccccc1. The minimum atomic E-state index is -3.16. The minimum Gasteiger partial charge on any atom is -0.300 e. The van der Waals surface area contributed by atoms with E-state index in [1.807, 2.05) is 48.5 Å². The summed E-state index contributed by atoms with van der Waals surface area (Å²) in [6, 6.07) is 20.9. The maximum atomic E-state index is 12.9. The lowest BCUT2D eigenvalue weighted by molar-refractivity contribution is 0.0174. The maximum Gasteiger partial charge on any atom is 0.214 e. The molecule has 0 N–H and O–H groups in total. The summed E-state index contributed by atoms with van der Waals surface area (Å²) >= 11 is 0. The van der Waals surface area contributed by atoms with Crippen molar-refractivity contribution in [1.82, 2.24) is 9.21 Å². The van der Waals surface area contributed by atoms with Gasteiger partial charge in [0.05, 0.1) is 5.75 Å². The highest BCUT2D eigenvalue weighted by atomic mass is 32.2. The summed E-state index contributed by atoms with van der Waals surface area (Å²) in [6.07, 6.45) is 3.18. The molecule has 4 aliphatic heterocycles. The van der Waals surface area contributed by atoms with Crippen LogP contribution in [0, 0.1) is 11.8 Å². The van der Waals surface area contributed by atoms with Crippen LogP contribution < -0.4 is 0 Å². The molecule has 2 aromatic rings. The van der Waals surface area contributed by atoms with Gasteiger partial charge in [0.1, 0.15) is 0 Å². The Hall–Kier alpha value is -1.34. The fraction of sp³-hybridized carbons (Fsp3) is 0.500. The Morgan fingerprint density at radius 3 is 2.13 bits per heavy atom. The van der Waals surface area contributed by atoms with Gasteiger partial charge in [-0.3, -0.25) is 0 Å². The van der Waals surface area contributed by atoms with Gasteiger partial charge in [0.2, 0.25) is 10.0 Å². The van der Waals surface area contributed by atoms with E-state index in [1.165, 1.54) is 24.0 Å². The number of hydrogen-bond donors (Lipinski definition) is 0. The zero-order valence-corrected chi connectivity index (χ0v) is 19.6. The molecule has 4 aliphatic rings. The molecule has 4 heterocycles. The zero-order chi connectivity index (χ0) is 20.3. The molecule has 2 bridgehead atoms. The highest BCUT2D eigenvalue weighted by Crippen LogP contribution is 2.37. The summed E-state index contributed by atoms with van der Waals surface area (Å²) in [6.45, 7) is 5.58. The average molecular weight is 447 g/mol. The standard InChI is InChI=1S/C18H26N2O2S.C6H6.H2S/c1-14-10-16-6-8-19(14)11-18(16)13-23(21,22)20-9-7-15-4-2-3-5-17(15)12-20;1-2-4-6-5-3-1;/h2-5,14,16,18H,6-13H2,1H3;1-6H;1H2/t14?,16?,18-;;/m1../s1. The number of hydrogen-bond acceptors (Lipinski definition) is 3. The first-order chi connectivity index (χ1) is 14.0. The third-order valence-electron chi connectivity index (χ3n) is 6.77. The quantitative estimate of drug-likeness (QED) is 0.718. The van der Waals surface area contributed by atoms with E-state index in [9.17, 15) is 8.42 Å². The van der Waals surface area contributed by atoms with Crippen LogP contribution in [0.2, 0.25) is 0 Å². The Kier molecular flexibility index (Phi) is 8.02. The second kappa shape index (κ2) is 10.3. The lowest BCUT2D eigenvalue weighted by atomic mass is 9.77. The molecule has 3 saturated heterocycles. The topological polar surface area (TPSA) is 40.6 Å². The molecule has 0 radical (unpaired) electrons. The Morgan fingerprint density at radius 1 is 0.933 bits per heavy atom. The number of piperidine rings is 3. The molecule has 3 fully saturated rings. The van der Waals surface area contributed by atoms with Gasteiger partial charge < -0.3 is 4.90 Å². The van der Waals surface area contributed by atoms with E-state index in [2.05, 4.69) is 24.0 Å². The van der Waals surface area contributed by atoms with Crippen LogP contribution in [-0.2, 0) is 23.0 Å². The molecule has 4 atom stereocenters. The van der Waals surface area contributed by atoms with Gasteiger partial charge in [0, 0.05) is 25.7 Å². The van der Waals surface area contributed by atoms with E-state index in [0.29, 0.717) is 36.7 Å². The number of nitrogens with zero attached hydrogens (tertiary/aromatic N) is 2. The highest BCUT2D eigenvalue weighted by Gasteiger charge is 2.41. The van der Waals surface area contributed by atoms with Crippen LogP contribution in [0.3, 0.4) is 0 Å². The average Bonchev–Trinajstić information content (AvgIpc) is 2.76. The van der Waals surface area contributed by atoms with E-state index >= 15 is 0 Å². The van der Waals surface area contributed by atoms with Crippen LogP contribution in [0.4, 0.5) is 0 Å². The van der Waals surface area contributed by atoms with Crippen molar-refractivity contribution in [3.05, 3.63) is 71.8 Å². The van der Waals surface area contributed by atoms with E-state index < -0.39 is 10.0 Å². The normalized spacial score (nSPS) is 27.9. The Balaban J connectivity index is 0.000000317. The van der Waals surface area contributed by atoms with Crippen molar-refractivity contribution < 1.29 is 8.42 Å². The molecular weight excluding hydrogens is 412 g/mol. The summed E-state index contributed by atoms with van der Waals surface area (Å²) in [5.74, 6) is 1.26. The third-order valence-corrected chi connectivity index (χ3v) is 8.72. The first-order valence-electron chi connectivity index (χ1n) is 10.8. The zero-order valence-electron chi connectivity index (χ0n) is 17.8. The second-order valence-corrected chi connectivity index (χ2v) is 10.7. The van der Waals surface area contributed by atoms with Crippen LogP contribution in [0.5, 0.6) is 0 Å². The smallest absolute Gasteiger partial charge is 0.214 e. The van der Waals surface area contributed by atoms with Gasteiger partial charge in [-0.05, 0) is 55.7 Å². The predicted octanol–water partition coefficient (Wildman–Crippen LogP) is 3.90. The van der Waals surface area contributed by atoms with E-state index in [1.54, 1.807) is 4.31 Å². The fourth-order valence-corrected chi connectivity index (χ4v) is 6.90. The first kappa shape index (κ1) is 23.3. The summed E-state index contributed by atoms with van der Waals surface area (Å²) in [5, 5.41) is 0. The van der Waals surface area contributed by atoms with Crippen LogP contribution in [-0.4, -0.2) is 49.1 Å². The van der Waals surface area contributed by atoms with Crippen LogP contribution >= 0.6 is 13.5 Å². The van der Waals surface area contributed by atoms with Crippen molar-refractivity contribution in [2.45, 2.75) is 38.8 Å². The highest BCUT2D eigenvalue weighted by molar-refractivity contribution is 7.89. The molecular formula is C24H34N2O2S2. The Labute approximate surface area is 188 Å². The Bertz CT molecular complexity index is 878. The van der Waals surface area contributed by atoms with Gasteiger partial charge >= 0.3 is 0 Å². The molecule has 4 nitrogen and oxygen atoms in total. The fourth-order valence-electron chi connectivity index (χ4n) is 5.06. The van der Waals surface area contributed by atoms with Crippen molar-refractivity contribution in [3.63, 3.8) is 0 Å². The monoisotopic (exact) mass is 446 g/mol. The lowest BCUT2D eigenvalue weighted by Gasteiger charge is -2.49. The van der Waals surface area contributed by atoms with Crippen LogP contribution in [0.25, 0.3) is 0 Å². The summed E-state index contributed by atoms with van der Waals surface area (Å²) in [5.41, 5.74) is 2.47. The molecule has 2 aromatic carbocycles. The van der Waals surface area contributed by atoms with Crippen molar-refractivity contribution in [2.75, 3.05) is 25.4 Å². The van der Waals surface area contributed by atoms with Gasteiger partial charge in [-0.2, -0.15) is 17.8 Å². The minimum absolute atomic E-state index is 0. The van der Waals surface area contributed by atoms with Crippen LogP contribution in [0.1, 0.15) is 30.9 Å². The molecule has 164 valence electrons. The third kappa shape index (κ3) is 5.47. The summed E-state index contributed by atoms with van der Waals surface area (Å²) in [7, 11) is -3.16. The van der Waals surface area contributed by atoms with Gasteiger partial charge in [-0.1, -0.05) is 60.7 Å². The maximum absolute atomic E-state index is 12.9. The molecule has 0 spiro atoms. The van der Waals surface area contributed by atoms with E-state index in [4.69, 9.17) is 0 Å². The first-order valence-corrected chi connectivity index (χ1v) is 12.4. The summed E-state index contributed by atoms with van der Waals surface area (Å²) < 4.78 is 27.6. The number of sulfonamides is 1. The van der Waals surface area contributed by atoms with Gasteiger partial charge in [-0.25, -0.2) is 8.42 Å². The van der Waals surface area contributed by atoms with E-state index in [-0.39, 0.29) is 13.5 Å². The predicted molar refractivity (Wildman–Crippen MR) is 128 cm³/mol. The van der Waals surface area contributed by atoms with E-state index in [0.717, 1.165) is 19.5 Å². The number of rotatable bonds is 3. The molecule has 0 saturated carbocycles. The molecule has 0 amide bonds. The molecule has 0 aromatic heterocycles. The molecule has 6 heteroatoms. The van der Waals surface area contributed by atoms with Crippen molar-refractivity contribution in [3.8, 4) is 0 Å². The van der Waals surface area contributed by atoms with Gasteiger partial charge in [-0.15, -0.1) is 0 Å². The Morgan fingerprint density at radius 2 is 1.57 bits per heavy atom. The largest absolute Gasteiger partial charge is 0.300 e. The molecule has 30 heavy (non-hydrogen) atoms. The lowest BCUT2D eigenvalue weighted by Crippen LogP contribution is -2.54. The van der Waals surface area contributed by atoms with Gasteiger partial charge in [0.25, 0.3) is 0 Å². The van der Waals surface area contributed by atoms with Gasteiger partial charge in [0.15, 0.2) is 0 Å². The van der Waals surface area contributed by atoms with Crippen molar-refractivity contribution in [2.24, 2.45) is 11.8 Å². The second-order valence-electron chi connectivity index (χ2n) is 8.67. The molecule has 3 unspecified atom stereocenters. The van der Waals surface area contributed by atoms with Crippen LogP contribution in [0.15, 0.2) is 60.7 Å². The van der Waals surface area contributed by atoms with Crippen molar-refractivity contribution >= 4 is 23.5 Å². The molecule has 0 aliphatic carbocycles.